The Bertz CT molecular complexity index is 963. The summed E-state index contributed by atoms with van der Waals surface area (Å²) in [6.45, 7) is 5.79. The van der Waals surface area contributed by atoms with E-state index in [0.717, 1.165) is 25.9 Å². The summed E-state index contributed by atoms with van der Waals surface area (Å²) >= 11 is 0. The van der Waals surface area contributed by atoms with Crippen LogP contribution in [-0.2, 0) is 22.6 Å². The lowest BCUT2D eigenvalue weighted by Crippen LogP contribution is -2.01. The van der Waals surface area contributed by atoms with Crippen LogP contribution in [0.4, 0.5) is 0 Å². The maximum atomic E-state index is 10.9. The number of carbonyl (C=O) groups is 3. The number of imidazole rings is 3. The molecule has 12 heteroatoms. The van der Waals surface area contributed by atoms with Gasteiger partial charge in [-0.3, -0.25) is 0 Å². The van der Waals surface area contributed by atoms with Crippen molar-refractivity contribution in [2.45, 2.75) is 39.8 Å². The molecule has 3 aromatic rings. The second kappa shape index (κ2) is 14.1. The molecule has 0 fully saturated rings. The van der Waals surface area contributed by atoms with Crippen molar-refractivity contribution in [1.82, 2.24) is 29.1 Å². The van der Waals surface area contributed by atoms with E-state index >= 15 is 0 Å². The fraction of sp³-hybridized carbons (Fsp3) is 0.400. The SMILES string of the molecule is CCCn1cnc(C(=O)O)c1.CCCn1cnc(C(=O)OC)c1.COC(=O)c1cnc[nH]1. The van der Waals surface area contributed by atoms with E-state index in [1.54, 1.807) is 17.1 Å². The fourth-order valence-corrected chi connectivity index (χ4v) is 2.28. The van der Waals surface area contributed by atoms with Crippen LogP contribution in [0.3, 0.4) is 0 Å². The summed E-state index contributed by atoms with van der Waals surface area (Å²) in [5, 5.41) is 8.49. The topological polar surface area (TPSA) is 154 Å². The Morgan fingerprint density at radius 1 is 0.938 bits per heavy atom. The van der Waals surface area contributed by atoms with Crippen LogP contribution in [0.15, 0.2) is 37.6 Å². The molecule has 0 aliphatic heterocycles. The van der Waals surface area contributed by atoms with E-state index in [2.05, 4.69) is 36.3 Å². The van der Waals surface area contributed by atoms with Gasteiger partial charge < -0.3 is 28.7 Å². The third-order valence-corrected chi connectivity index (χ3v) is 3.75. The van der Waals surface area contributed by atoms with Gasteiger partial charge in [0.2, 0.25) is 0 Å². The number of H-pyrrole nitrogens is 1. The van der Waals surface area contributed by atoms with Crippen molar-refractivity contribution in [3.63, 3.8) is 0 Å². The quantitative estimate of drug-likeness (QED) is 0.518. The van der Waals surface area contributed by atoms with Gasteiger partial charge in [0.15, 0.2) is 11.4 Å². The lowest BCUT2D eigenvalue weighted by atomic mass is 10.4. The number of methoxy groups -OCH3 is 2. The summed E-state index contributed by atoms with van der Waals surface area (Å²) in [5.74, 6) is -1.75. The highest BCUT2D eigenvalue weighted by atomic mass is 16.5. The molecule has 174 valence electrons. The summed E-state index contributed by atoms with van der Waals surface area (Å²) < 4.78 is 12.5. The van der Waals surface area contributed by atoms with Gasteiger partial charge in [0.25, 0.3) is 0 Å². The van der Waals surface area contributed by atoms with Gasteiger partial charge in [-0.2, -0.15) is 0 Å². The standard InChI is InChI=1S/C8H12N2O2.C7H10N2O2.C5H6N2O2/c1-3-4-10-5-7(9-6-10)8(11)12-2;1-2-3-9-4-6(7(10)11)8-5-9;1-9-5(8)4-2-6-3-7-4/h5-6H,3-4H2,1-2H3;4-5H,2-3H2,1H3,(H,10,11);2-3H,1H3,(H,6,7). The van der Waals surface area contributed by atoms with E-state index in [9.17, 15) is 14.4 Å². The molecule has 3 aromatic heterocycles. The maximum Gasteiger partial charge on any atom is 0.358 e. The Hall–Kier alpha value is -3.96. The fourth-order valence-electron chi connectivity index (χ4n) is 2.28. The number of nitrogens with one attached hydrogen (secondary N) is 1. The third kappa shape index (κ3) is 8.81. The largest absolute Gasteiger partial charge is 0.476 e. The van der Waals surface area contributed by atoms with Gasteiger partial charge >= 0.3 is 17.9 Å². The number of aromatic amines is 1. The molecule has 12 nitrogen and oxygen atoms in total. The third-order valence-electron chi connectivity index (χ3n) is 3.75. The van der Waals surface area contributed by atoms with Gasteiger partial charge in [0.1, 0.15) is 5.69 Å². The monoisotopic (exact) mass is 448 g/mol. The number of ether oxygens (including phenoxy) is 2. The highest BCUT2D eigenvalue weighted by molar-refractivity contribution is 5.87. The number of carboxylic acid groups (broad SMARTS) is 1. The normalized spacial score (nSPS) is 9.62. The zero-order valence-electron chi connectivity index (χ0n) is 18.5. The van der Waals surface area contributed by atoms with Gasteiger partial charge in [-0.1, -0.05) is 13.8 Å². The maximum absolute atomic E-state index is 10.9. The zero-order valence-corrected chi connectivity index (χ0v) is 18.5. The van der Waals surface area contributed by atoms with Gasteiger partial charge in [-0.15, -0.1) is 0 Å². The number of hydrogen-bond donors (Lipinski definition) is 2. The van der Waals surface area contributed by atoms with E-state index < -0.39 is 11.9 Å². The van der Waals surface area contributed by atoms with Crippen LogP contribution in [0.1, 0.15) is 58.2 Å². The summed E-state index contributed by atoms with van der Waals surface area (Å²) in [6.07, 6.45) is 11.2. The Balaban J connectivity index is 0.000000242. The molecule has 0 aromatic carbocycles. The average molecular weight is 448 g/mol. The lowest BCUT2D eigenvalue weighted by molar-refractivity contribution is 0.0586. The lowest BCUT2D eigenvalue weighted by Gasteiger charge is -1.95. The predicted molar refractivity (Wildman–Crippen MR) is 113 cm³/mol. The molecule has 32 heavy (non-hydrogen) atoms. The van der Waals surface area contributed by atoms with E-state index in [1.165, 1.54) is 39.3 Å². The molecule has 3 rings (SSSR count). The van der Waals surface area contributed by atoms with Gasteiger partial charge in [0.05, 0.1) is 39.4 Å². The molecule has 0 unspecified atom stereocenters. The second-order valence-electron chi connectivity index (χ2n) is 6.25. The van der Waals surface area contributed by atoms with E-state index in [4.69, 9.17) is 5.11 Å². The van der Waals surface area contributed by atoms with Crippen LogP contribution in [0, 0.1) is 0 Å². The molecule has 3 heterocycles. The summed E-state index contributed by atoms with van der Waals surface area (Å²) in [7, 11) is 2.67. The number of esters is 2. The first-order valence-corrected chi connectivity index (χ1v) is 9.77. The summed E-state index contributed by atoms with van der Waals surface area (Å²) in [4.78, 5) is 45.7. The minimum Gasteiger partial charge on any atom is -0.476 e. The number of aromatic carboxylic acids is 1. The van der Waals surface area contributed by atoms with Crippen molar-refractivity contribution in [3.8, 4) is 0 Å². The number of carbonyl (C=O) groups excluding carboxylic acids is 2. The number of carboxylic acids is 1. The molecule has 0 saturated carbocycles. The van der Waals surface area contributed by atoms with Crippen LogP contribution in [-0.4, -0.2) is 66.3 Å². The first kappa shape index (κ1) is 26.1. The highest BCUT2D eigenvalue weighted by Gasteiger charge is 2.08. The molecular formula is C20H28N6O6. The Morgan fingerprint density at radius 3 is 1.88 bits per heavy atom. The summed E-state index contributed by atoms with van der Waals surface area (Å²) in [5.41, 5.74) is 0.849. The van der Waals surface area contributed by atoms with Crippen molar-refractivity contribution in [2.75, 3.05) is 14.2 Å². The first-order valence-electron chi connectivity index (χ1n) is 9.77. The average Bonchev–Trinajstić information content (AvgIpc) is 3.56. The minimum absolute atomic E-state index is 0.110. The van der Waals surface area contributed by atoms with Crippen LogP contribution >= 0.6 is 0 Å². The minimum atomic E-state index is -0.972. The molecule has 0 aliphatic carbocycles. The Morgan fingerprint density at radius 2 is 1.47 bits per heavy atom. The first-order chi connectivity index (χ1) is 15.4. The number of hydrogen-bond acceptors (Lipinski definition) is 8. The van der Waals surface area contributed by atoms with Crippen molar-refractivity contribution < 1.29 is 29.0 Å². The Labute approximate surface area is 185 Å². The molecule has 0 spiro atoms. The molecule has 0 radical (unpaired) electrons. The van der Waals surface area contributed by atoms with Crippen LogP contribution in [0.5, 0.6) is 0 Å². The molecule has 0 aliphatic rings. The van der Waals surface area contributed by atoms with E-state index in [-0.39, 0.29) is 11.7 Å². The Kier molecular flexibility index (Phi) is 11.5. The van der Waals surface area contributed by atoms with Crippen molar-refractivity contribution in [3.05, 3.63) is 54.7 Å². The van der Waals surface area contributed by atoms with Gasteiger partial charge in [-0.05, 0) is 12.8 Å². The van der Waals surface area contributed by atoms with E-state index in [1.807, 2.05) is 11.5 Å². The number of nitrogens with zero attached hydrogens (tertiary/aromatic N) is 5. The van der Waals surface area contributed by atoms with Gasteiger partial charge in [0, 0.05) is 25.5 Å². The van der Waals surface area contributed by atoms with Crippen LogP contribution in [0.2, 0.25) is 0 Å². The van der Waals surface area contributed by atoms with Crippen LogP contribution in [0.25, 0.3) is 0 Å². The number of aryl methyl sites for hydroxylation is 2. The highest BCUT2D eigenvalue weighted by Crippen LogP contribution is 1.99. The van der Waals surface area contributed by atoms with E-state index in [0.29, 0.717) is 11.4 Å². The number of aromatic nitrogens is 6. The van der Waals surface area contributed by atoms with Crippen molar-refractivity contribution in [2.24, 2.45) is 0 Å². The number of rotatable bonds is 7. The molecular weight excluding hydrogens is 420 g/mol. The van der Waals surface area contributed by atoms with Crippen molar-refractivity contribution in [1.29, 1.82) is 0 Å². The summed E-state index contributed by atoms with van der Waals surface area (Å²) in [6, 6.07) is 0. The molecule has 0 saturated heterocycles. The smallest absolute Gasteiger partial charge is 0.358 e. The zero-order chi connectivity index (χ0) is 23.9. The van der Waals surface area contributed by atoms with Gasteiger partial charge in [-0.25, -0.2) is 29.3 Å². The van der Waals surface area contributed by atoms with Crippen LogP contribution < -0.4 is 0 Å². The molecule has 0 bridgehead atoms. The predicted octanol–water partition coefficient (Wildman–Crippen LogP) is 2.27. The molecule has 2 N–H and O–H groups in total. The molecule has 0 atom stereocenters. The molecule has 0 amide bonds. The second-order valence-corrected chi connectivity index (χ2v) is 6.25. The van der Waals surface area contributed by atoms with Crippen molar-refractivity contribution >= 4 is 17.9 Å².